The number of hydrogen-bond donors (Lipinski definition) is 2. The maximum atomic E-state index is 13.5. The minimum atomic E-state index is -0.913. The molecule has 0 fully saturated rings. The van der Waals surface area contributed by atoms with Crippen LogP contribution in [-0.4, -0.2) is 16.1 Å². The predicted molar refractivity (Wildman–Crippen MR) is 63.8 cm³/mol. The molecular weight excluding hydrogens is 308 g/mol. The van der Waals surface area contributed by atoms with Crippen molar-refractivity contribution in [2.45, 2.75) is 6.54 Å². The van der Waals surface area contributed by atoms with Crippen LogP contribution < -0.4 is 5.32 Å². The van der Waals surface area contributed by atoms with Gasteiger partial charge in [-0.15, -0.1) is 0 Å². The van der Waals surface area contributed by atoms with Crippen LogP contribution >= 0.6 is 15.9 Å². The summed E-state index contributed by atoms with van der Waals surface area (Å²) in [5.74, 6) is -2.64. The first-order valence-corrected chi connectivity index (χ1v) is 5.78. The van der Waals surface area contributed by atoms with Crippen molar-refractivity contribution in [3.63, 3.8) is 0 Å². The van der Waals surface area contributed by atoms with Gasteiger partial charge in [0.25, 0.3) is 5.91 Å². The molecule has 2 N–H and O–H groups in total. The molecule has 7 heteroatoms. The predicted octanol–water partition coefficient (Wildman–Crippen LogP) is 2.38. The Labute approximate surface area is 110 Å². The maximum absolute atomic E-state index is 13.5. The van der Waals surface area contributed by atoms with E-state index in [1.165, 1.54) is 6.20 Å². The van der Waals surface area contributed by atoms with Crippen molar-refractivity contribution in [3.05, 3.63) is 51.8 Å². The summed E-state index contributed by atoms with van der Waals surface area (Å²) in [4.78, 5) is 11.7. The summed E-state index contributed by atoms with van der Waals surface area (Å²) in [7, 11) is 0. The van der Waals surface area contributed by atoms with Crippen LogP contribution in [0.2, 0.25) is 0 Å². The van der Waals surface area contributed by atoms with E-state index in [0.29, 0.717) is 5.69 Å². The molecule has 94 valence electrons. The van der Waals surface area contributed by atoms with Crippen molar-refractivity contribution in [1.29, 1.82) is 0 Å². The van der Waals surface area contributed by atoms with Gasteiger partial charge in [0.1, 0.15) is 17.2 Å². The minimum Gasteiger partial charge on any atom is -0.346 e. The number of nitrogens with zero attached hydrogens (tertiary/aromatic N) is 1. The zero-order valence-corrected chi connectivity index (χ0v) is 10.6. The molecule has 0 unspecified atom stereocenters. The van der Waals surface area contributed by atoms with Gasteiger partial charge in [-0.05, 0) is 18.2 Å². The van der Waals surface area contributed by atoms with E-state index in [1.54, 1.807) is 6.07 Å². The summed E-state index contributed by atoms with van der Waals surface area (Å²) in [6, 6.07) is 3.72. The van der Waals surface area contributed by atoms with Gasteiger partial charge in [0.15, 0.2) is 0 Å². The standard InChI is InChI=1S/C11H8BrF2N3O/c12-6-3-8(13)10(9(14)4-6)11(18)15-5-7-1-2-16-17-7/h1-4H,5H2,(H,15,18)(H,16,17). The van der Waals surface area contributed by atoms with Gasteiger partial charge in [0.05, 0.1) is 12.2 Å². The first kappa shape index (κ1) is 12.7. The second-order valence-electron chi connectivity index (χ2n) is 3.51. The Bertz CT molecular complexity index is 549. The van der Waals surface area contributed by atoms with Gasteiger partial charge in [-0.25, -0.2) is 8.78 Å². The molecule has 0 saturated carbocycles. The third-order valence-electron chi connectivity index (χ3n) is 2.23. The summed E-state index contributed by atoms with van der Waals surface area (Å²) in [6.45, 7) is 0.119. The Morgan fingerprint density at radius 1 is 1.39 bits per heavy atom. The normalized spacial score (nSPS) is 10.4. The van der Waals surface area contributed by atoms with Crippen LogP contribution in [0.15, 0.2) is 28.9 Å². The summed E-state index contributed by atoms with van der Waals surface area (Å²) >= 11 is 2.94. The molecule has 1 amide bonds. The Kier molecular flexibility index (Phi) is 3.71. The Hall–Kier alpha value is -1.76. The average molecular weight is 316 g/mol. The SMILES string of the molecule is O=C(NCc1ccn[nH]1)c1c(F)cc(Br)cc1F. The van der Waals surface area contributed by atoms with Crippen molar-refractivity contribution >= 4 is 21.8 Å². The molecular formula is C11H8BrF2N3O. The van der Waals surface area contributed by atoms with Crippen molar-refractivity contribution in [1.82, 2.24) is 15.5 Å². The summed E-state index contributed by atoms with van der Waals surface area (Å²) in [5, 5.41) is 8.71. The van der Waals surface area contributed by atoms with Crippen molar-refractivity contribution in [2.24, 2.45) is 0 Å². The number of aromatic nitrogens is 2. The number of amides is 1. The highest BCUT2D eigenvalue weighted by Gasteiger charge is 2.18. The number of carbonyl (C=O) groups is 1. The molecule has 0 bridgehead atoms. The molecule has 0 atom stereocenters. The summed E-state index contributed by atoms with van der Waals surface area (Å²) in [6.07, 6.45) is 1.52. The van der Waals surface area contributed by atoms with Crippen LogP contribution in [0.3, 0.4) is 0 Å². The zero-order valence-electron chi connectivity index (χ0n) is 9.01. The number of rotatable bonds is 3. The van der Waals surface area contributed by atoms with E-state index >= 15 is 0 Å². The van der Waals surface area contributed by atoms with Crippen molar-refractivity contribution < 1.29 is 13.6 Å². The fraction of sp³-hybridized carbons (Fsp3) is 0.0909. The van der Waals surface area contributed by atoms with E-state index in [4.69, 9.17) is 0 Å². The molecule has 0 aliphatic carbocycles. The minimum absolute atomic E-state index is 0.119. The number of halogens is 3. The monoisotopic (exact) mass is 315 g/mol. The van der Waals surface area contributed by atoms with Crippen LogP contribution in [0.1, 0.15) is 16.1 Å². The number of carbonyl (C=O) groups excluding carboxylic acids is 1. The van der Waals surface area contributed by atoms with Gasteiger partial charge in [0, 0.05) is 10.7 Å². The fourth-order valence-electron chi connectivity index (χ4n) is 1.41. The smallest absolute Gasteiger partial charge is 0.257 e. The first-order chi connectivity index (χ1) is 8.58. The molecule has 1 aromatic carbocycles. The lowest BCUT2D eigenvalue weighted by Gasteiger charge is -2.06. The van der Waals surface area contributed by atoms with E-state index in [9.17, 15) is 13.6 Å². The Balaban J connectivity index is 2.14. The van der Waals surface area contributed by atoms with Crippen molar-refractivity contribution in [2.75, 3.05) is 0 Å². The second kappa shape index (κ2) is 5.26. The maximum Gasteiger partial charge on any atom is 0.257 e. The Morgan fingerprint density at radius 2 is 2.06 bits per heavy atom. The summed E-state index contributed by atoms with van der Waals surface area (Å²) in [5.41, 5.74) is 0.0407. The first-order valence-electron chi connectivity index (χ1n) is 4.99. The van der Waals surface area contributed by atoms with Crippen LogP contribution in [0.25, 0.3) is 0 Å². The van der Waals surface area contributed by atoms with Crippen molar-refractivity contribution in [3.8, 4) is 0 Å². The van der Waals surface area contributed by atoms with Gasteiger partial charge >= 0.3 is 0 Å². The van der Waals surface area contributed by atoms with Gasteiger partial charge in [-0.3, -0.25) is 9.89 Å². The second-order valence-corrected chi connectivity index (χ2v) is 4.42. The van der Waals surface area contributed by atoms with Gasteiger partial charge in [0.2, 0.25) is 0 Å². The highest BCUT2D eigenvalue weighted by atomic mass is 79.9. The van der Waals surface area contributed by atoms with E-state index in [1.807, 2.05) is 0 Å². The largest absolute Gasteiger partial charge is 0.346 e. The van der Waals surface area contributed by atoms with Crippen LogP contribution in [0.4, 0.5) is 8.78 Å². The average Bonchev–Trinajstić information content (AvgIpc) is 2.77. The van der Waals surface area contributed by atoms with E-state index in [2.05, 4.69) is 31.4 Å². The molecule has 2 rings (SSSR count). The number of benzene rings is 1. The molecule has 1 aromatic heterocycles. The van der Waals surface area contributed by atoms with Gasteiger partial charge in [-0.2, -0.15) is 5.10 Å². The number of nitrogens with one attached hydrogen (secondary N) is 2. The molecule has 18 heavy (non-hydrogen) atoms. The van der Waals surface area contributed by atoms with Crippen LogP contribution in [0, 0.1) is 11.6 Å². The lowest BCUT2D eigenvalue weighted by Crippen LogP contribution is -2.25. The molecule has 2 aromatic rings. The lowest BCUT2D eigenvalue weighted by atomic mass is 10.2. The van der Waals surface area contributed by atoms with Crippen LogP contribution in [-0.2, 0) is 6.54 Å². The lowest BCUT2D eigenvalue weighted by molar-refractivity contribution is 0.0942. The van der Waals surface area contributed by atoms with Crippen LogP contribution in [0.5, 0.6) is 0 Å². The van der Waals surface area contributed by atoms with Gasteiger partial charge < -0.3 is 5.32 Å². The quantitative estimate of drug-likeness (QED) is 0.913. The highest BCUT2D eigenvalue weighted by Crippen LogP contribution is 2.19. The van der Waals surface area contributed by atoms with E-state index in [-0.39, 0.29) is 11.0 Å². The third-order valence-corrected chi connectivity index (χ3v) is 2.69. The Morgan fingerprint density at radius 3 is 2.61 bits per heavy atom. The van der Waals surface area contributed by atoms with E-state index in [0.717, 1.165) is 12.1 Å². The topological polar surface area (TPSA) is 57.8 Å². The molecule has 4 nitrogen and oxygen atoms in total. The fourth-order valence-corrected chi connectivity index (χ4v) is 1.81. The summed E-state index contributed by atoms with van der Waals surface area (Å²) < 4.78 is 27.2. The number of H-pyrrole nitrogens is 1. The molecule has 0 saturated heterocycles. The molecule has 0 aliphatic heterocycles. The molecule has 0 spiro atoms. The molecule has 0 radical (unpaired) electrons. The number of aromatic amines is 1. The third kappa shape index (κ3) is 2.73. The number of hydrogen-bond acceptors (Lipinski definition) is 2. The molecule has 0 aliphatic rings. The van der Waals surface area contributed by atoms with Gasteiger partial charge in [-0.1, -0.05) is 15.9 Å². The zero-order chi connectivity index (χ0) is 13.1. The highest BCUT2D eigenvalue weighted by molar-refractivity contribution is 9.10. The van der Waals surface area contributed by atoms with E-state index < -0.39 is 23.1 Å². The molecule has 1 heterocycles.